The molecule has 2 aliphatic heterocycles. The molecule has 1 saturated heterocycles. The van der Waals surface area contributed by atoms with Gasteiger partial charge in [0, 0.05) is 50.2 Å². The van der Waals surface area contributed by atoms with Crippen molar-refractivity contribution in [2.45, 2.75) is 25.3 Å². The van der Waals surface area contributed by atoms with Gasteiger partial charge in [-0.1, -0.05) is 12.1 Å². The van der Waals surface area contributed by atoms with E-state index in [0.29, 0.717) is 5.92 Å². The van der Waals surface area contributed by atoms with E-state index in [1.54, 1.807) is 0 Å². The van der Waals surface area contributed by atoms with Crippen LogP contribution in [-0.4, -0.2) is 41.2 Å². The number of likely N-dealkylation sites (N-methyl/N-ethyl adjacent to an activating group) is 1. The van der Waals surface area contributed by atoms with Crippen molar-refractivity contribution < 1.29 is 0 Å². The number of hydrogen-bond acceptors (Lipinski definition) is 3. The number of rotatable bonds is 2. The molecule has 25 heavy (non-hydrogen) atoms. The second kappa shape index (κ2) is 5.88. The molecule has 0 amide bonds. The maximum atomic E-state index is 4.41. The van der Waals surface area contributed by atoms with Gasteiger partial charge in [0.05, 0.1) is 5.52 Å². The molecule has 0 bridgehead atoms. The third-order valence-electron chi connectivity index (χ3n) is 5.73. The van der Waals surface area contributed by atoms with Crippen LogP contribution in [0.25, 0.3) is 5.52 Å². The molecule has 2 aromatic heterocycles. The summed E-state index contributed by atoms with van der Waals surface area (Å²) in [6.07, 6.45) is 6.70. The van der Waals surface area contributed by atoms with Gasteiger partial charge in [0.2, 0.25) is 0 Å². The van der Waals surface area contributed by atoms with Crippen LogP contribution in [0.15, 0.2) is 48.8 Å². The molecule has 3 aromatic rings. The number of benzene rings is 1. The van der Waals surface area contributed by atoms with Crippen LogP contribution in [0.2, 0.25) is 0 Å². The highest BCUT2D eigenvalue weighted by Crippen LogP contribution is 2.35. The van der Waals surface area contributed by atoms with Crippen LogP contribution in [0, 0.1) is 0 Å². The molecule has 0 aliphatic carbocycles. The number of hydrogen-bond donors (Lipinski definition) is 0. The zero-order valence-corrected chi connectivity index (χ0v) is 14.7. The van der Waals surface area contributed by atoms with Crippen LogP contribution in [0.1, 0.15) is 35.4 Å². The molecule has 1 aromatic carbocycles. The maximum Gasteiger partial charge on any atom is 0.0661 e. The van der Waals surface area contributed by atoms with Crippen molar-refractivity contribution in [1.82, 2.24) is 14.5 Å². The van der Waals surface area contributed by atoms with E-state index in [1.165, 1.54) is 48.3 Å². The molecule has 2 aliphatic rings. The molecule has 128 valence electrons. The van der Waals surface area contributed by atoms with Gasteiger partial charge < -0.3 is 9.80 Å². The van der Waals surface area contributed by atoms with E-state index in [2.05, 4.69) is 58.5 Å². The van der Waals surface area contributed by atoms with Crippen LogP contribution in [0.4, 0.5) is 5.69 Å². The van der Waals surface area contributed by atoms with E-state index in [9.17, 15) is 0 Å². The fraction of sp³-hybridized carbons (Fsp3) is 0.381. The van der Waals surface area contributed by atoms with Crippen molar-refractivity contribution in [2.75, 3.05) is 31.6 Å². The zero-order chi connectivity index (χ0) is 16.8. The van der Waals surface area contributed by atoms with E-state index in [-0.39, 0.29) is 0 Å². The number of pyridine rings is 1. The largest absolute Gasteiger partial charge is 0.372 e. The van der Waals surface area contributed by atoms with Crippen molar-refractivity contribution in [2.24, 2.45) is 0 Å². The maximum absolute atomic E-state index is 4.41. The van der Waals surface area contributed by atoms with Gasteiger partial charge in [-0.25, -0.2) is 4.52 Å². The van der Waals surface area contributed by atoms with Crippen LogP contribution in [-0.2, 0) is 6.54 Å². The first kappa shape index (κ1) is 15.0. The molecule has 0 radical (unpaired) electrons. The molecule has 1 fully saturated rings. The van der Waals surface area contributed by atoms with Gasteiger partial charge in [-0.05, 0) is 60.8 Å². The first-order chi connectivity index (χ1) is 12.3. The second-order valence-electron chi connectivity index (χ2n) is 7.49. The standard InChI is InChI=1S/C21H24N4/c1-23-13-17-12-19(24-10-2-3-11-24)6-7-20(17)21(15-23)16-4-5-18-8-9-22-25(18)14-16/h4-9,12,14,21H,2-3,10-11,13,15H2,1H3. The monoisotopic (exact) mass is 332 g/mol. The summed E-state index contributed by atoms with van der Waals surface area (Å²) in [6.45, 7) is 4.50. The highest BCUT2D eigenvalue weighted by Gasteiger charge is 2.26. The Morgan fingerprint density at radius 1 is 1.04 bits per heavy atom. The molecule has 4 heterocycles. The van der Waals surface area contributed by atoms with Gasteiger partial charge in [0.15, 0.2) is 0 Å². The Labute approximate surface area is 148 Å². The molecular weight excluding hydrogens is 308 g/mol. The Kier molecular flexibility index (Phi) is 3.52. The summed E-state index contributed by atoms with van der Waals surface area (Å²) in [7, 11) is 2.23. The fourth-order valence-electron chi connectivity index (χ4n) is 4.43. The fourth-order valence-corrected chi connectivity index (χ4v) is 4.43. The average Bonchev–Trinajstić information content (AvgIpc) is 3.31. The Morgan fingerprint density at radius 2 is 1.92 bits per heavy atom. The predicted molar refractivity (Wildman–Crippen MR) is 101 cm³/mol. The summed E-state index contributed by atoms with van der Waals surface area (Å²) >= 11 is 0. The van der Waals surface area contributed by atoms with Gasteiger partial charge in [-0.3, -0.25) is 0 Å². The van der Waals surface area contributed by atoms with Crippen molar-refractivity contribution in [3.8, 4) is 0 Å². The van der Waals surface area contributed by atoms with Crippen molar-refractivity contribution >= 4 is 11.2 Å². The normalized spacial score (nSPS) is 21.0. The van der Waals surface area contributed by atoms with E-state index in [1.807, 2.05) is 16.8 Å². The molecule has 5 rings (SSSR count). The Balaban J connectivity index is 1.55. The van der Waals surface area contributed by atoms with E-state index in [0.717, 1.165) is 18.6 Å². The summed E-state index contributed by atoms with van der Waals surface area (Å²) in [5.41, 5.74) is 6.85. The Morgan fingerprint density at radius 3 is 2.80 bits per heavy atom. The summed E-state index contributed by atoms with van der Waals surface area (Å²) in [6, 6.07) is 13.6. The highest BCUT2D eigenvalue weighted by molar-refractivity contribution is 5.55. The second-order valence-corrected chi connectivity index (χ2v) is 7.49. The van der Waals surface area contributed by atoms with Crippen LogP contribution < -0.4 is 4.90 Å². The van der Waals surface area contributed by atoms with Gasteiger partial charge in [-0.2, -0.15) is 5.10 Å². The summed E-state index contributed by atoms with van der Waals surface area (Å²) < 4.78 is 1.99. The third kappa shape index (κ3) is 2.61. The lowest BCUT2D eigenvalue weighted by Crippen LogP contribution is -2.31. The van der Waals surface area contributed by atoms with Crippen molar-refractivity contribution in [3.63, 3.8) is 0 Å². The first-order valence-electron chi connectivity index (χ1n) is 9.27. The smallest absolute Gasteiger partial charge is 0.0661 e. The Bertz CT molecular complexity index is 907. The number of anilines is 1. The zero-order valence-electron chi connectivity index (χ0n) is 14.7. The summed E-state index contributed by atoms with van der Waals surface area (Å²) in [4.78, 5) is 4.97. The number of nitrogens with zero attached hydrogens (tertiary/aromatic N) is 4. The highest BCUT2D eigenvalue weighted by atomic mass is 15.2. The molecule has 4 nitrogen and oxygen atoms in total. The third-order valence-corrected chi connectivity index (χ3v) is 5.73. The minimum absolute atomic E-state index is 0.412. The van der Waals surface area contributed by atoms with Gasteiger partial charge in [-0.15, -0.1) is 0 Å². The van der Waals surface area contributed by atoms with Crippen LogP contribution >= 0.6 is 0 Å². The quantitative estimate of drug-likeness (QED) is 0.717. The average molecular weight is 332 g/mol. The molecular formula is C21H24N4. The molecule has 0 saturated carbocycles. The predicted octanol–water partition coefficient (Wildman–Crippen LogP) is 3.51. The van der Waals surface area contributed by atoms with E-state index < -0.39 is 0 Å². The van der Waals surface area contributed by atoms with E-state index in [4.69, 9.17) is 0 Å². The molecule has 1 atom stereocenters. The lowest BCUT2D eigenvalue weighted by Gasteiger charge is -2.33. The molecule has 0 spiro atoms. The topological polar surface area (TPSA) is 23.8 Å². The molecule has 0 N–H and O–H groups in total. The lowest BCUT2D eigenvalue weighted by molar-refractivity contribution is 0.295. The summed E-state index contributed by atoms with van der Waals surface area (Å²) in [5, 5.41) is 4.41. The van der Waals surface area contributed by atoms with Crippen LogP contribution in [0.3, 0.4) is 0 Å². The van der Waals surface area contributed by atoms with Gasteiger partial charge in [0.25, 0.3) is 0 Å². The van der Waals surface area contributed by atoms with Crippen molar-refractivity contribution in [1.29, 1.82) is 0 Å². The molecule has 4 heteroatoms. The van der Waals surface area contributed by atoms with Gasteiger partial charge >= 0.3 is 0 Å². The minimum atomic E-state index is 0.412. The molecule has 1 unspecified atom stereocenters. The van der Waals surface area contributed by atoms with Gasteiger partial charge in [0.1, 0.15) is 0 Å². The Hall–Kier alpha value is -2.33. The summed E-state index contributed by atoms with van der Waals surface area (Å²) in [5.74, 6) is 0.412. The lowest BCUT2D eigenvalue weighted by atomic mass is 9.85. The minimum Gasteiger partial charge on any atom is -0.372 e. The SMILES string of the molecule is CN1Cc2cc(N3CCCC3)ccc2C(c2ccc3ccnn3c2)C1. The van der Waals surface area contributed by atoms with Crippen LogP contribution in [0.5, 0.6) is 0 Å². The number of aromatic nitrogens is 2. The number of fused-ring (bicyclic) bond motifs is 2. The van der Waals surface area contributed by atoms with Crippen molar-refractivity contribution in [3.05, 3.63) is 65.5 Å². The first-order valence-corrected chi connectivity index (χ1v) is 9.27. The van der Waals surface area contributed by atoms with E-state index >= 15 is 0 Å².